The fourth-order valence-corrected chi connectivity index (χ4v) is 3.58. The lowest BCUT2D eigenvalue weighted by Crippen LogP contribution is -2.50. The molecule has 4 aromatic rings. The number of benzene rings is 2. The van der Waals surface area contributed by atoms with E-state index in [9.17, 15) is 9.18 Å². The summed E-state index contributed by atoms with van der Waals surface area (Å²) >= 11 is 0. The minimum absolute atomic E-state index is 0.0138. The van der Waals surface area contributed by atoms with Crippen LogP contribution < -0.4 is 15.4 Å². The zero-order valence-corrected chi connectivity index (χ0v) is 19.7. The van der Waals surface area contributed by atoms with E-state index >= 15 is 4.39 Å². The molecular formula is C27H23F2N5O2. The number of carbonyl (C=O) groups excluding carboxylic acids is 1. The molecule has 1 aliphatic heterocycles. The standard InChI is InChI=1S/C25H17F2N5O2.C2H6/c26-19-8-15(3-4-16(19)11-28)23-20(27)9-17(10-21(23)34-18-12-29-13-18)25(33)32-22-6-5-14-2-1-7-30-24(14)31-22;1-2/h1-10,18,29H,12-13H2,(H,30,31,32,33);1-2H3. The number of amides is 1. The highest BCUT2D eigenvalue weighted by Gasteiger charge is 2.24. The van der Waals surface area contributed by atoms with Crippen LogP contribution in [0.2, 0.25) is 0 Å². The number of rotatable bonds is 5. The predicted molar refractivity (Wildman–Crippen MR) is 133 cm³/mol. The van der Waals surface area contributed by atoms with E-state index in [1.165, 1.54) is 18.2 Å². The van der Waals surface area contributed by atoms with Crippen LogP contribution >= 0.6 is 0 Å². The first-order valence-corrected chi connectivity index (χ1v) is 11.5. The molecule has 0 atom stereocenters. The molecule has 9 heteroatoms. The van der Waals surface area contributed by atoms with Crippen molar-refractivity contribution in [3.05, 3.63) is 83.6 Å². The van der Waals surface area contributed by atoms with Crippen molar-refractivity contribution in [3.63, 3.8) is 0 Å². The molecule has 1 saturated heterocycles. The van der Waals surface area contributed by atoms with Gasteiger partial charge in [-0.15, -0.1) is 0 Å². The molecule has 0 saturated carbocycles. The van der Waals surface area contributed by atoms with Crippen molar-refractivity contribution in [3.8, 4) is 22.9 Å². The minimum atomic E-state index is -0.770. The lowest BCUT2D eigenvalue weighted by atomic mass is 9.99. The number of aromatic nitrogens is 2. The third-order valence-corrected chi connectivity index (χ3v) is 5.44. The zero-order chi connectivity index (χ0) is 25.7. The van der Waals surface area contributed by atoms with Crippen molar-refractivity contribution < 1.29 is 18.3 Å². The van der Waals surface area contributed by atoms with Gasteiger partial charge in [0.15, 0.2) is 5.65 Å². The molecule has 36 heavy (non-hydrogen) atoms. The molecule has 182 valence electrons. The second-order valence-corrected chi connectivity index (χ2v) is 7.74. The molecule has 0 spiro atoms. The van der Waals surface area contributed by atoms with Crippen LogP contribution in [-0.2, 0) is 0 Å². The summed E-state index contributed by atoms with van der Waals surface area (Å²) in [6.45, 7) is 5.13. The van der Waals surface area contributed by atoms with Gasteiger partial charge in [0.2, 0.25) is 0 Å². The number of ether oxygens (including phenoxy) is 1. The quantitative estimate of drug-likeness (QED) is 0.408. The third-order valence-electron chi connectivity index (χ3n) is 5.44. The summed E-state index contributed by atoms with van der Waals surface area (Å²) in [6, 6.07) is 15.0. The molecule has 1 aliphatic rings. The fourth-order valence-electron chi connectivity index (χ4n) is 3.58. The van der Waals surface area contributed by atoms with E-state index in [4.69, 9.17) is 10.00 Å². The van der Waals surface area contributed by atoms with Gasteiger partial charge in [-0.3, -0.25) is 4.79 Å². The number of nitrogens with one attached hydrogen (secondary N) is 2. The molecule has 7 nitrogen and oxygen atoms in total. The van der Waals surface area contributed by atoms with Crippen LogP contribution in [0.5, 0.6) is 5.75 Å². The van der Waals surface area contributed by atoms with Crippen LogP contribution in [-0.4, -0.2) is 35.1 Å². The highest BCUT2D eigenvalue weighted by Crippen LogP contribution is 2.36. The molecule has 0 bridgehead atoms. The Morgan fingerprint density at radius 3 is 2.61 bits per heavy atom. The van der Waals surface area contributed by atoms with Gasteiger partial charge >= 0.3 is 0 Å². The summed E-state index contributed by atoms with van der Waals surface area (Å²) in [4.78, 5) is 21.4. The lowest BCUT2D eigenvalue weighted by molar-refractivity contribution is 0.102. The van der Waals surface area contributed by atoms with E-state index in [1.807, 2.05) is 19.9 Å². The number of nitriles is 1. The van der Waals surface area contributed by atoms with Crippen molar-refractivity contribution in [2.45, 2.75) is 20.0 Å². The summed E-state index contributed by atoms with van der Waals surface area (Å²) in [5.74, 6) is -1.74. The van der Waals surface area contributed by atoms with Crippen molar-refractivity contribution in [1.29, 1.82) is 5.26 Å². The van der Waals surface area contributed by atoms with Gasteiger partial charge in [0.25, 0.3) is 5.91 Å². The van der Waals surface area contributed by atoms with Crippen LogP contribution in [0.3, 0.4) is 0 Å². The van der Waals surface area contributed by atoms with Crippen LogP contribution in [0.15, 0.2) is 60.8 Å². The highest BCUT2D eigenvalue weighted by atomic mass is 19.1. The molecule has 0 aliphatic carbocycles. The number of hydrogen-bond acceptors (Lipinski definition) is 6. The number of pyridine rings is 2. The first-order valence-electron chi connectivity index (χ1n) is 11.5. The average Bonchev–Trinajstić information content (AvgIpc) is 2.87. The molecular weight excluding hydrogens is 464 g/mol. The number of nitrogens with zero attached hydrogens (tertiary/aromatic N) is 3. The largest absolute Gasteiger partial charge is 0.487 e. The first kappa shape index (κ1) is 24.7. The fraction of sp³-hybridized carbons (Fsp3) is 0.185. The maximum absolute atomic E-state index is 15.3. The molecule has 1 amide bonds. The van der Waals surface area contributed by atoms with Crippen LogP contribution in [0, 0.1) is 23.0 Å². The zero-order valence-electron chi connectivity index (χ0n) is 19.7. The van der Waals surface area contributed by atoms with Crippen LogP contribution in [0.25, 0.3) is 22.2 Å². The minimum Gasteiger partial charge on any atom is -0.487 e. The summed E-state index contributed by atoms with van der Waals surface area (Å²) in [5.41, 5.74) is 0.542. The monoisotopic (exact) mass is 487 g/mol. The molecule has 1 fully saturated rings. The smallest absolute Gasteiger partial charge is 0.257 e. The maximum Gasteiger partial charge on any atom is 0.257 e. The first-order chi connectivity index (χ1) is 17.5. The van der Waals surface area contributed by atoms with Crippen LogP contribution in [0.1, 0.15) is 29.8 Å². The summed E-state index contributed by atoms with van der Waals surface area (Å²) < 4.78 is 35.4. The van der Waals surface area contributed by atoms with Crippen LogP contribution in [0.4, 0.5) is 14.6 Å². The number of hydrogen-bond donors (Lipinski definition) is 2. The summed E-state index contributed by atoms with van der Waals surface area (Å²) in [6.07, 6.45) is 1.38. The molecule has 2 aromatic carbocycles. The van der Waals surface area contributed by atoms with Crippen molar-refractivity contribution in [2.24, 2.45) is 0 Å². The van der Waals surface area contributed by atoms with Gasteiger partial charge in [0, 0.05) is 30.2 Å². The number of halogens is 2. The molecule has 2 N–H and O–H groups in total. The topological polar surface area (TPSA) is 99.9 Å². The predicted octanol–water partition coefficient (Wildman–Crippen LogP) is 5.08. The Morgan fingerprint density at radius 1 is 1.11 bits per heavy atom. The van der Waals surface area contributed by atoms with Gasteiger partial charge in [-0.1, -0.05) is 19.9 Å². The van der Waals surface area contributed by atoms with Gasteiger partial charge in [0.1, 0.15) is 35.4 Å². The normalized spacial score (nSPS) is 12.6. The van der Waals surface area contributed by atoms with Gasteiger partial charge in [-0.25, -0.2) is 18.7 Å². The summed E-state index contributed by atoms with van der Waals surface area (Å²) in [5, 5.41) is 15.5. The van der Waals surface area contributed by atoms with E-state index < -0.39 is 17.5 Å². The van der Waals surface area contributed by atoms with Crippen molar-refractivity contribution >= 4 is 22.8 Å². The van der Waals surface area contributed by atoms with E-state index in [0.717, 1.165) is 17.5 Å². The third kappa shape index (κ3) is 5.14. The van der Waals surface area contributed by atoms with E-state index in [1.54, 1.807) is 30.5 Å². The van der Waals surface area contributed by atoms with Gasteiger partial charge in [0.05, 0.1) is 11.1 Å². The number of anilines is 1. The number of carbonyl (C=O) groups is 1. The Kier molecular flexibility index (Phi) is 7.47. The van der Waals surface area contributed by atoms with Gasteiger partial charge < -0.3 is 15.4 Å². The molecule has 0 unspecified atom stereocenters. The second kappa shape index (κ2) is 10.9. The second-order valence-electron chi connectivity index (χ2n) is 7.74. The summed E-state index contributed by atoms with van der Waals surface area (Å²) in [7, 11) is 0. The lowest BCUT2D eigenvalue weighted by Gasteiger charge is -2.29. The Morgan fingerprint density at radius 2 is 1.92 bits per heavy atom. The Bertz CT molecular complexity index is 1460. The van der Waals surface area contributed by atoms with E-state index in [-0.39, 0.29) is 39.9 Å². The highest BCUT2D eigenvalue weighted by molar-refractivity contribution is 6.05. The Labute approximate surface area is 206 Å². The van der Waals surface area contributed by atoms with E-state index in [2.05, 4.69) is 20.6 Å². The van der Waals surface area contributed by atoms with Gasteiger partial charge in [-0.2, -0.15) is 5.26 Å². The Hall–Kier alpha value is -4.42. The molecule has 2 aromatic heterocycles. The van der Waals surface area contributed by atoms with Crippen molar-refractivity contribution in [1.82, 2.24) is 15.3 Å². The van der Waals surface area contributed by atoms with Crippen molar-refractivity contribution in [2.75, 3.05) is 18.4 Å². The molecule has 0 radical (unpaired) electrons. The average molecular weight is 488 g/mol. The number of fused-ring (bicyclic) bond motifs is 1. The molecule has 5 rings (SSSR count). The van der Waals surface area contributed by atoms with Gasteiger partial charge in [-0.05, 0) is 54.1 Å². The molecule has 3 heterocycles. The maximum atomic E-state index is 15.3. The van der Waals surface area contributed by atoms with E-state index in [0.29, 0.717) is 18.7 Å². The SMILES string of the molecule is CC.N#Cc1ccc(-c2c(F)cc(C(=O)Nc3ccc4cccnc4n3)cc2OC2CNC2)cc1F. The Balaban J connectivity index is 0.00000148.